The minimum atomic E-state index is -0.0485. The van der Waals surface area contributed by atoms with Gasteiger partial charge in [-0.25, -0.2) is 0 Å². The predicted octanol–water partition coefficient (Wildman–Crippen LogP) is 2.09. The molecule has 19 heavy (non-hydrogen) atoms. The lowest BCUT2D eigenvalue weighted by atomic mass is 9.82. The minimum absolute atomic E-state index is 0.0485. The van der Waals surface area contributed by atoms with Crippen molar-refractivity contribution in [1.82, 2.24) is 4.90 Å². The van der Waals surface area contributed by atoms with Crippen LogP contribution in [0.1, 0.15) is 36.4 Å². The third-order valence-corrected chi connectivity index (χ3v) is 4.19. The molecule has 1 aromatic carbocycles. The van der Waals surface area contributed by atoms with Crippen LogP contribution in [-0.4, -0.2) is 36.2 Å². The van der Waals surface area contributed by atoms with E-state index in [1.807, 2.05) is 0 Å². The van der Waals surface area contributed by atoms with E-state index in [-0.39, 0.29) is 12.1 Å². The van der Waals surface area contributed by atoms with Crippen LogP contribution < -0.4 is 5.73 Å². The molecule has 2 rings (SSSR count). The van der Waals surface area contributed by atoms with E-state index in [2.05, 4.69) is 43.1 Å². The van der Waals surface area contributed by atoms with Crippen LogP contribution in [0.4, 0.5) is 0 Å². The van der Waals surface area contributed by atoms with Crippen LogP contribution in [0.25, 0.3) is 0 Å². The minimum Gasteiger partial charge on any atom is -0.393 e. The van der Waals surface area contributed by atoms with Gasteiger partial charge in [-0.3, -0.25) is 0 Å². The molecule has 0 radical (unpaired) electrons. The normalized spacial score (nSPS) is 24.3. The molecule has 3 heteroatoms. The van der Waals surface area contributed by atoms with Crippen LogP contribution in [0.2, 0.25) is 0 Å². The van der Waals surface area contributed by atoms with Gasteiger partial charge in [0.2, 0.25) is 0 Å². The van der Waals surface area contributed by atoms with Crippen molar-refractivity contribution in [2.75, 3.05) is 20.1 Å². The van der Waals surface area contributed by atoms with Gasteiger partial charge in [0.25, 0.3) is 0 Å². The first-order valence-corrected chi connectivity index (χ1v) is 7.24. The van der Waals surface area contributed by atoms with Crippen LogP contribution in [0.15, 0.2) is 24.3 Å². The molecule has 1 aromatic rings. The summed E-state index contributed by atoms with van der Waals surface area (Å²) in [6.45, 7) is 4.22. The number of benzene rings is 1. The van der Waals surface area contributed by atoms with Gasteiger partial charge in [-0.1, -0.05) is 24.3 Å². The van der Waals surface area contributed by atoms with Gasteiger partial charge in [-0.2, -0.15) is 0 Å². The topological polar surface area (TPSA) is 49.5 Å². The van der Waals surface area contributed by atoms with Gasteiger partial charge in [0.15, 0.2) is 0 Å². The summed E-state index contributed by atoms with van der Waals surface area (Å²) in [4.78, 5) is 2.34. The number of aliphatic hydroxyl groups excluding tert-OH is 1. The fourth-order valence-electron chi connectivity index (χ4n) is 2.90. The Labute approximate surface area is 116 Å². The van der Waals surface area contributed by atoms with Crippen molar-refractivity contribution < 1.29 is 5.11 Å². The number of nitrogens with two attached hydrogens (primary N) is 1. The van der Waals surface area contributed by atoms with E-state index in [4.69, 9.17) is 5.73 Å². The highest BCUT2D eigenvalue weighted by atomic mass is 16.3. The number of rotatable bonds is 6. The fourth-order valence-corrected chi connectivity index (χ4v) is 2.90. The van der Waals surface area contributed by atoms with E-state index in [1.165, 1.54) is 11.1 Å². The molecule has 1 aliphatic carbocycles. The SMILES string of the molecule is Cc1ccccc1C(N)CCN(C)CC1CC(O)C1. The lowest BCUT2D eigenvalue weighted by molar-refractivity contribution is 0.0280. The standard InChI is InChI=1S/C16H26N2O/c1-12-5-3-4-6-15(12)16(17)7-8-18(2)11-13-9-14(19)10-13/h3-6,13-14,16,19H,7-11,17H2,1-2H3. The number of aryl methyl sites for hydroxylation is 1. The Morgan fingerprint density at radius 2 is 2.05 bits per heavy atom. The van der Waals surface area contributed by atoms with Crippen LogP contribution >= 0.6 is 0 Å². The molecule has 3 N–H and O–H groups in total. The summed E-state index contributed by atoms with van der Waals surface area (Å²) in [5, 5.41) is 9.29. The van der Waals surface area contributed by atoms with Crippen molar-refractivity contribution in [1.29, 1.82) is 0 Å². The van der Waals surface area contributed by atoms with Gasteiger partial charge >= 0.3 is 0 Å². The lowest BCUT2D eigenvalue weighted by Gasteiger charge is -2.34. The summed E-state index contributed by atoms with van der Waals surface area (Å²) >= 11 is 0. The molecule has 0 bridgehead atoms. The zero-order valence-corrected chi connectivity index (χ0v) is 12.0. The van der Waals surface area contributed by atoms with Crippen molar-refractivity contribution >= 4 is 0 Å². The van der Waals surface area contributed by atoms with Crippen molar-refractivity contribution in [2.45, 2.75) is 38.3 Å². The second kappa shape index (κ2) is 6.51. The largest absolute Gasteiger partial charge is 0.393 e. The first-order valence-electron chi connectivity index (χ1n) is 7.24. The predicted molar refractivity (Wildman–Crippen MR) is 79.0 cm³/mol. The molecule has 106 valence electrons. The Balaban J connectivity index is 1.74. The third kappa shape index (κ3) is 4.03. The average Bonchev–Trinajstić information content (AvgIpc) is 2.35. The Kier molecular flexibility index (Phi) is 4.97. The van der Waals surface area contributed by atoms with Gasteiger partial charge in [0, 0.05) is 12.6 Å². The molecular formula is C16H26N2O. The quantitative estimate of drug-likeness (QED) is 0.825. The van der Waals surface area contributed by atoms with E-state index < -0.39 is 0 Å². The van der Waals surface area contributed by atoms with Crippen LogP contribution in [0.5, 0.6) is 0 Å². The zero-order valence-electron chi connectivity index (χ0n) is 12.0. The fraction of sp³-hybridized carbons (Fsp3) is 0.625. The van der Waals surface area contributed by atoms with Crippen LogP contribution in [0.3, 0.4) is 0 Å². The maximum Gasteiger partial charge on any atom is 0.0546 e. The molecule has 0 saturated heterocycles. The summed E-state index contributed by atoms with van der Waals surface area (Å²) in [7, 11) is 2.15. The Morgan fingerprint density at radius 3 is 2.68 bits per heavy atom. The maximum absolute atomic E-state index is 9.29. The number of hydrogen-bond acceptors (Lipinski definition) is 3. The molecule has 0 spiro atoms. The highest BCUT2D eigenvalue weighted by Crippen LogP contribution is 2.27. The molecule has 1 saturated carbocycles. The Bertz CT molecular complexity index is 401. The van der Waals surface area contributed by atoms with Crippen molar-refractivity contribution in [3.63, 3.8) is 0 Å². The number of nitrogens with zero attached hydrogens (tertiary/aromatic N) is 1. The number of hydrogen-bond donors (Lipinski definition) is 2. The highest BCUT2D eigenvalue weighted by Gasteiger charge is 2.27. The molecule has 1 unspecified atom stereocenters. The summed E-state index contributed by atoms with van der Waals surface area (Å²) in [5.74, 6) is 0.676. The Hall–Kier alpha value is -0.900. The van der Waals surface area contributed by atoms with Gasteiger partial charge in [0.05, 0.1) is 6.10 Å². The molecule has 0 aliphatic heterocycles. The molecule has 0 amide bonds. The van der Waals surface area contributed by atoms with E-state index >= 15 is 0 Å². The second-order valence-electron chi connectivity index (χ2n) is 6.01. The van der Waals surface area contributed by atoms with E-state index in [1.54, 1.807) is 0 Å². The van der Waals surface area contributed by atoms with Gasteiger partial charge < -0.3 is 15.7 Å². The average molecular weight is 262 g/mol. The van der Waals surface area contributed by atoms with Gasteiger partial charge in [-0.05, 0) is 56.8 Å². The van der Waals surface area contributed by atoms with Crippen LogP contribution in [-0.2, 0) is 0 Å². The zero-order chi connectivity index (χ0) is 13.8. The van der Waals surface area contributed by atoms with Crippen molar-refractivity contribution in [2.24, 2.45) is 11.7 Å². The maximum atomic E-state index is 9.29. The van der Waals surface area contributed by atoms with Gasteiger partial charge in [-0.15, -0.1) is 0 Å². The molecule has 0 heterocycles. The molecule has 0 aromatic heterocycles. The smallest absolute Gasteiger partial charge is 0.0546 e. The third-order valence-electron chi connectivity index (χ3n) is 4.19. The van der Waals surface area contributed by atoms with E-state index in [9.17, 15) is 5.11 Å². The van der Waals surface area contributed by atoms with E-state index in [0.717, 1.165) is 32.4 Å². The summed E-state index contributed by atoms with van der Waals surface area (Å²) in [6.07, 6.45) is 2.87. The summed E-state index contributed by atoms with van der Waals surface area (Å²) < 4.78 is 0. The van der Waals surface area contributed by atoms with Crippen LogP contribution in [0, 0.1) is 12.8 Å². The van der Waals surface area contributed by atoms with E-state index in [0.29, 0.717) is 5.92 Å². The molecule has 1 aliphatic rings. The first-order chi connectivity index (χ1) is 9.06. The molecule has 1 fully saturated rings. The van der Waals surface area contributed by atoms with Gasteiger partial charge in [0.1, 0.15) is 0 Å². The molecule has 3 nitrogen and oxygen atoms in total. The van der Waals surface area contributed by atoms with Crippen molar-refractivity contribution in [3.8, 4) is 0 Å². The summed E-state index contributed by atoms with van der Waals surface area (Å²) in [5.41, 5.74) is 8.81. The first kappa shape index (κ1) is 14.5. The molecule has 1 atom stereocenters. The Morgan fingerprint density at radius 1 is 1.37 bits per heavy atom. The lowest BCUT2D eigenvalue weighted by Crippen LogP contribution is -2.37. The summed E-state index contributed by atoms with van der Waals surface area (Å²) in [6, 6.07) is 8.48. The monoisotopic (exact) mass is 262 g/mol. The molecular weight excluding hydrogens is 236 g/mol. The second-order valence-corrected chi connectivity index (χ2v) is 6.01. The number of aliphatic hydroxyl groups is 1. The highest BCUT2D eigenvalue weighted by molar-refractivity contribution is 5.28. The van der Waals surface area contributed by atoms with Crippen molar-refractivity contribution in [3.05, 3.63) is 35.4 Å².